The Bertz CT molecular complexity index is 544. The molecular weight excluding hydrogens is 383 g/mol. The van der Waals surface area contributed by atoms with Crippen LogP contribution in [0.25, 0.3) is 0 Å². The summed E-state index contributed by atoms with van der Waals surface area (Å²) in [5.41, 5.74) is 2.45. The van der Waals surface area contributed by atoms with E-state index in [9.17, 15) is 0 Å². The molecule has 0 aromatic carbocycles. The van der Waals surface area contributed by atoms with Crippen molar-refractivity contribution in [1.82, 2.24) is 10.3 Å². The molecule has 0 fully saturated rings. The molecule has 0 saturated heterocycles. The van der Waals surface area contributed by atoms with Crippen molar-refractivity contribution in [2.45, 2.75) is 26.3 Å². The maximum Gasteiger partial charge on any atom is 0.137 e. The summed E-state index contributed by atoms with van der Waals surface area (Å²) in [6, 6.07) is 4.49. The number of pyridine rings is 1. The molecule has 0 saturated carbocycles. The van der Waals surface area contributed by atoms with Crippen LogP contribution in [0.4, 0.5) is 0 Å². The molecule has 0 aliphatic heterocycles. The normalized spacial score (nSPS) is 12.3. The number of nitrogens with one attached hydrogen (secondary N) is 1. The van der Waals surface area contributed by atoms with Gasteiger partial charge in [0.1, 0.15) is 5.75 Å². The molecule has 2 rings (SSSR count). The van der Waals surface area contributed by atoms with Crippen molar-refractivity contribution in [3.8, 4) is 5.75 Å². The van der Waals surface area contributed by atoms with Crippen molar-refractivity contribution in [1.29, 1.82) is 0 Å². The van der Waals surface area contributed by atoms with E-state index in [-0.39, 0.29) is 6.04 Å². The zero-order chi connectivity index (χ0) is 14.4. The van der Waals surface area contributed by atoms with Gasteiger partial charge in [-0.2, -0.15) is 0 Å². The Hall–Kier alpha value is -0.660. The van der Waals surface area contributed by atoms with Crippen molar-refractivity contribution < 1.29 is 4.74 Å². The summed E-state index contributed by atoms with van der Waals surface area (Å²) >= 11 is 4.13. The molecule has 0 radical (unpaired) electrons. The molecule has 2 aromatic heterocycles. The first kappa shape index (κ1) is 15.7. The number of halogens is 1. The standard InChI is InChI=1S/C15H19IN2OS/c1-3-5-18-15(12-7-14(16)20-10-12)11-6-13(19-4-2)9-17-8-11/h6-10,15,18H,3-5H2,1-2H3. The third kappa shape index (κ3) is 4.17. The van der Waals surface area contributed by atoms with E-state index in [1.54, 1.807) is 17.5 Å². The molecule has 0 aliphatic carbocycles. The summed E-state index contributed by atoms with van der Waals surface area (Å²) in [7, 11) is 0. The minimum atomic E-state index is 0.183. The SMILES string of the molecule is CCCNC(c1cncc(OCC)c1)c1csc(I)c1. The van der Waals surface area contributed by atoms with Gasteiger partial charge in [-0.25, -0.2) is 0 Å². The Kier molecular flexibility index (Phi) is 6.25. The topological polar surface area (TPSA) is 34.2 Å². The van der Waals surface area contributed by atoms with E-state index in [0.29, 0.717) is 6.61 Å². The van der Waals surface area contributed by atoms with Gasteiger partial charge >= 0.3 is 0 Å². The van der Waals surface area contributed by atoms with E-state index in [2.05, 4.69) is 57.3 Å². The second-order valence-electron chi connectivity index (χ2n) is 4.46. The first-order chi connectivity index (χ1) is 9.74. The molecule has 0 bridgehead atoms. The van der Waals surface area contributed by atoms with Crippen LogP contribution < -0.4 is 10.1 Å². The number of hydrogen-bond donors (Lipinski definition) is 1. The predicted octanol–water partition coefficient (Wildman–Crippen LogP) is 4.24. The Balaban J connectivity index is 2.28. The summed E-state index contributed by atoms with van der Waals surface area (Å²) in [6.45, 7) is 5.81. The monoisotopic (exact) mass is 402 g/mol. The molecule has 1 atom stereocenters. The van der Waals surface area contributed by atoms with Gasteiger partial charge in [-0.05, 0) is 71.1 Å². The van der Waals surface area contributed by atoms with Crippen LogP contribution >= 0.6 is 33.9 Å². The van der Waals surface area contributed by atoms with E-state index < -0.39 is 0 Å². The van der Waals surface area contributed by atoms with Crippen molar-refractivity contribution in [2.75, 3.05) is 13.2 Å². The largest absolute Gasteiger partial charge is 0.492 e. The van der Waals surface area contributed by atoms with Crippen LogP contribution in [0.2, 0.25) is 0 Å². The lowest BCUT2D eigenvalue weighted by Gasteiger charge is -2.18. The van der Waals surface area contributed by atoms with E-state index in [1.807, 2.05) is 13.1 Å². The summed E-state index contributed by atoms with van der Waals surface area (Å²) in [5, 5.41) is 5.80. The lowest BCUT2D eigenvalue weighted by molar-refractivity contribution is 0.338. The average Bonchev–Trinajstić information content (AvgIpc) is 2.87. The van der Waals surface area contributed by atoms with E-state index in [0.717, 1.165) is 24.3 Å². The van der Waals surface area contributed by atoms with Crippen LogP contribution in [-0.2, 0) is 0 Å². The van der Waals surface area contributed by atoms with Gasteiger partial charge in [0.15, 0.2) is 0 Å². The Morgan fingerprint density at radius 1 is 1.30 bits per heavy atom. The molecule has 1 unspecified atom stereocenters. The molecule has 0 aliphatic rings. The molecule has 0 amide bonds. The zero-order valence-corrected chi connectivity index (χ0v) is 14.7. The number of rotatable bonds is 7. The molecule has 0 spiro atoms. The lowest BCUT2D eigenvalue weighted by Crippen LogP contribution is -2.23. The maximum absolute atomic E-state index is 5.55. The zero-order valence-electron chi connectivity index (χ0n) is 11.7. The lowest BCUT2D eigenvalue weighted by atomic mass is 10.0. The van der Waals surface area contributed by atoms with Gasteiger partial charge in [0.05, 0.1) is 21.7 Å². The van der Waals surface area contributed by atoms with Crippen LogP contribution in [0, 0.1) is 2.88 Å². The smallest absolute Gasteiger partial charge is 0.137 e. The quantitative estimate of drug-likeness (QED) is 0.704. The highest BCUT2D eigenvalue weighted by Crippen LogP contribution is 2.28. The molecular formula is C15H19IN2OS. The van der Waals surface area contributed by atoms with Crippen molar-refractivity contribution >= 4 is 33.9 Å². The predicted molar refractivity (Wildman–Crippen MR) is 92.6 cm³/mol. The first-order valence-corrected chi connectivity index (χ1v) is 8.75. The molecule has 108 valence electrons. The number of aromatic nitrogens is 1. The summed E-state index contributed by atoms with van der Waals surface area (Å²) in [5.74, 6) is 0.832. The fourth-order valence-electron chi connectivity index (χ4n) is 2.03. The summed E-state index contributed by atoms with van der Waals surface area (Å²) in [6.07, 6.45) is 4.79. The first-order valence-electron chi connectivity index (χ1n) is 6.79. The van der Waals surface area contributed by atoms with Gasteiger partial charge in [0.25, 0.3) is 0 Å². The number of hydrogen-bond acceptors (Lipinski definition) is 4. The highest BCUT2D eigenvalue weighted by Gasteiger charge is 2.16. The van der Waals surface area contributed by atoms with Crippen LogP contribution in [-0.4, -0.2) is 18.1 Å². The number of ether oxygens (including phenoxy) is 1. The second kappa shape index (κ2) is 7.95. The van der Waals surface area contributed by atoms with Crippen LogP contribution in [0.3, 0.4) is 0 Å². The highest BCUT2D eigenvalue weighted by atomic mass is 127. The fraction of sp³-hybridized carbons (Fsp3) is 0.400. The van der Waals surface area contributed by atoms with E-state index >= 15 is 0 Å². The van der Waals surface area contributed by atoms with Gasteiger partial charge in [-0.1, -0.05) is 6.92 Å². The summed E-state index contributed by atoms with van der Waals surface area (Å²) in [4.78, 5) is 4.30. The number of nitrogens with zero attached hydrogens (tertiary/aromatic N) is 1. The van der Waals surface area contributed by atoms with Gasteiger partial charge in [-0.15, -0.1) is 11.3 Å². The number of thiophene rings is 1. The Labute approximate surface area is 137 Å². The third-order valence-electron chi connectivity index (χ3n) is 2.90. The van der Waals surface area contributed by atoms with Crippen LogP contribution in [0.1, 0.15) is 37.4 Å². The second-order valence-corrected chi connectivity index (χ2v) is 7.26. The molecule has 3 nitrogen and oxygen atoms in total. The third-order valence-corrected chi connectivity index (χ3v) is 4.71. The maximum atomic E-state index is 5.55. The minimum absolute atomic E-state index is 0.183. The average molecular weight is 402 g/mol. The van der Waals surface area contributed by atoms with Crippen LogP contribution in [0.15, 0.2) is 29.9 Å². The van der Waals surface area contributed by atoms with Crippen molar-refractivity contribution in [3.05, 3.63) is 43.9 Å². The molecule has 5 heteroatoms. The Morgan fingerprint density at radius 2 is 2.15 bits per heavy atom. The fourth-order valence-corrected chi connectivity index (χ4v) is 3.43. The minimum Gasteiger partial charge on any atom is -0.492 e. The summed E-state index contributed by atoms with van der Waals surface area (Å²) < 4.78 is 6.85. The van der Waals surface area contributed by atoms with Gasteiger partial charge in [-0.3, -0.25) is 4.98 Å². The molecule has 1 N–H and O–H groups in total. The van der Waals surface area contributed by atoms with Gasteiger partial charge in [0, 0.05) is 6.20 Å². The van der Waals surface area contributed by atoms with Gasteiger partial charge in [0.2, 0.25) is 0 Å². The van der Waals surface area contributed by atoms with Crippen molar-refractivity contribution in [2.24, 2.45) is 0 Å². The molecule has 2 aromatic rings. The van der Waals surface area contributed by atoms with E-state index in [1.165, 1.54) is 8.45 Å². The van der Waals surface area contributed by atoms with Crippen LogP contribution in [0.5, 0.6) is 5.75 Å². The molecule has 2 heterocycles. The molecule has 20 heavy (non-hydrogen) atoms. The van der Waals surface area contributed by atoms with E-state index in [4.69, 9.17) is 4.74 Å². The highest BCUT2D eigenvalue weighted by molar-refractivity contribution is 14.1. The Morgan fingerprint density at radius 3 is 2.80 bits per heavy atom. The van der Waals surface area contributed by atoms with Crippen molar-refractivity contribution in [3.63, 3.8) is 0 Å². The van der Waals surface area contributed by atoms with Gasteiger partial charge < -0.3 is 10.1 Å².